The van der Waals surface area contributed by atoms with Crippen LogP contribution in [0.1, 0.15) is 15.3 Å². The van der Waals surface area contributed by atoms with Crippen molar-refractivity contribution in [2.24, 2.45) is 0 Å². The van der Waals surface area contributed by atoms with Gasteiger partial charge in [0.15, 0.2) is 0 Å². The third-order valence-corrected chi connectivity index (χ3v) is 21.5. The number of rotatable bonds is 6. The molecule has 3 aromatic rings. The maximum absolute atomic E-state index is 4.19. The van der Waals surface area contributed by atoms with Crippen LogP contribution in [0.25, 0.3) is 11.1 Å². The Bertz CT molecular complexity index is 1130. The molecule has 0 spiro atoms. The molecule has 0 bridgehead atoms. The number of fused-ring (bicyclic) bond motifs is 3. The van der Waals surface area contributed by atoms with Crippen LogP contribution in [0, 0.1) is 0 Å². The first kappa shape index (κ1) is 31.2. The summed E-state index contributed by atoms with van der Waals surface area (Å²) in [5.41, 5.74) is 6.07. The van der Waals surface area contributed by atoms with Gasteiger partial charge in [0.1, 0.15) is 0 Å². The molecule has 1 atom stereocenters. The van der Waals surface area contributed by atoms with Gasteiger partial charge in [-0.25, -0.2) is 0 Å². The second-order valence-electron chi connectivity index (χ2n) is 12.3. The van der Waals surface area contributed by atoms with E-state index in [2.05, 4.69) is 142 Å². The second-order valence-corrected chi connectivity index (χ2v) is 36.1. The summed E-state index contributed by atoms with van der Waals surface area (Å²) in [6.45, 7) is 23.4. The largest absolute Gasteiger partial charge is 0.0149 e. The van der Waals surface area contributed by atoms with Crippen LogP contribution in [-0.2, 0) is 16.1 Å². The molecule has 0 saturated heterocycles. The predicted molar refractivity (Wildman–Crippen MR) is 176 cm³/mol. The summed E-state index contributed by atoms with van der Waals surface area (Å²) in [4.78, 5) is 0. The van der Waals surface area contributed by atoms with Crippen LogP contribution in [0.15, 0.2) is 102 Å². The van der Waals surface area contributed by atoms with E-state index in [-0.39, 0.29) is 11.0 Å². The van der Waals surface area contributed by atoms with Crippen LogP contribution >= 0.6 is 6.57 Å². The van der Waals surface area contributed by atoms with Crippen LogP contribution in [0.3, 0.4) is 0 Å². The summed E-state index contributed by atoms with van der Waals surface area (Å²) in [5.74, 6) is 0. The normalized spacial score (nSPS) is 13.3. The van der Waals surface area contributed by atoms with Gasteiger partial charge >= 0.3 is 144 Å². The standard InChI is InChI=1S/C13H9.C10H22Si2.C6H6P.2CH3.H4Si.Ti/c1-3-7-12-10(5-1)9-11-6-2-4-8-13(11)12;1-9(11(3,4)5)10(2)12(6,7)8;7-6-4-2-1-3-5-6;;;;/h1-9H;1-2H2,3-8H3;1-5,7H;2*1H3;1H4;/q;;-1;;;;+1. The molecule has 1 aliphatic carbocycles. The number of allylic oxidation sites excluding steroid dienone is 2. The quantitative estimate of drug-likeness (QED) is 0.156. The summed E-state index contributed by atoms with van der Waals surface area (Å²) < 4.78 is 0.654. The zero-order valence-corrected chi connectivity index (χ0v) is 27.6. The third kappa shape index (κ3) is 7.28. The predicted octanol–water partition coefficient (Wildman–Crippen LogP) is 8.33. The van der Waals surface area contributed by atoms with Crippen molar-refractivity contribution in [2.45, 2.75) is 54.0 Å². The molecule has 0 amide bonds. The van der Waals surface area contributed by atoms with E-state index >= 15 is 0 Å². The van der Waals surface area contributed by atoms with E-state index < -0.39 is 32.2 Å². The molecule has 1 unspecified atom stereocenters. The van der Waals surface area contributed by atoms with E-state index in [4.69, 9.17) is 0 Å². The number of hydrogen-bond acceptors (Lipinski definition) is 0. The Morgan fingerprint density at radius 3 is 1.39 bits per heavy atom. The molecule has 192 valence electrons. The van der Waals surface area contributed by atoms with Crippen molar-refractivity contribution in [3.05, 3.63) is 114 Å². The molecular formula is C31H47PSi3Ti. The van der Waals surface area contributed by atoms with Gasteiger partial charge in [-0.2, -0.15) is 0 Å². The van der Waals surface area contributed by atoms with Crippen LogP contribution in [-0.4, -0.2) is 27.1 Å². The van der Waals surface area contributed by atoms with Crippen molar-refractivity contribution in [2.75, 3.05) is 0 Å². The van der Waals surface area contributed by atoms with Gasteiger partial charge in [0, 0.05) is 0 Å². The van der Waals surface area contributed by atoms with Gasteiger partial charge < -0.3 is 0 Å². The van der Waals surface area contributed by atoms with Crippen LogP contribution in [0.2, 0.25) is 49.7 Å². The van der Waals surface area contributed by atoms with Crippen molar-refractivity contribution in [1.29, 1.82) is 0 Å². The summed E-state index contributed by atoms with van der Waals surface area (Å²) in [6.07, 6.45) is 0. The van der Waals surface area contributed by atoms with Gasteiger partial charge in [0.2, 0.25) is 0 Å². The SMILES string of the molecule is C=C(C(=C)[Si](C)(C)C)[Si](C)(C)C.[CH3][Ti]([CH3])([PH]c1ccccc1)[CH]1c2ccccc2-c2ccccc21.[SiH4]. The maximum Gasteiger partial charge on any atom is -0.0149 e. The third-order valence-electron chi connectivity index (χ3n) is 6.97. The van der Waals surface area contributed by atoms with Gasteiger partial charge in [-0.3, -0.25) is 0 Å². The van der Waals surface area contributed by atoms with Gasteiger partial charge in [-0.15, -0.1) is 0 Å². The summed E-state index contributed by atoms with van der Waals surface area (Å²) in [5, 5.41) is 9.46. The maximum atomic E-state index is 4.19. The van der Waals surface area contributed by atoms with Crippen LogP contribution in [0.4, 0.5) is 0 Å². The number of benzene rings is 3. The Kier molecular flexibility index (Phi) is 10.6. The Balaban J connectivity index is 0.000000303. The van der Waals surface area contributed by atoms with Crippen molar-refractivity contribution < 1.29 is 16.1 Å². The average molecular weight is 583 g/mol. The topological polar surface area (TPSA) is 0 Å². The van der Waals surface area contributed by atoms with Gasteiger partial charge in [-0.1, -0.05) is 62.8 Å². The van der Waals surface area contributed by atoms with Gasteiger partial charge in [0.05, 0.1) is 16.1 Å². The molecular weight excluding hydrogens is 535 g/mol. The Morgan fingerprint density at radius 2 is 1.00 bits per heavy atom. The van der Waals surface area contributed by atoms with Crippen molar-refractivity contribution in [3.8, 4) is 11.1 Å². The fourth-order valence-electron chi connectivity index (χ4n) is 4.80. The van der Waals surface area contributed by atoms with Crippen molar-refractivity contribution in [3.63, 3.8) is 0 Å². The molecule has 0 aliphatic heterocycles. The smallest absolute Gasteiger partial charge is 0.0149 e. The number of hydrogen-bond donors (Lipinski definition) is 0. The molecule has 0 saturated carbocycles. The minimum Gasteiger partial charge on any atom is -0.0149 e. The van der Waals surface area contributed by atoms with E-state index in [0.717, 1.165) is 6.57 Å². The fraction of sp³-hybridized carbons (Fsp3) is 0.290. The monoisotopic (exact) mass is 582 g/mol. The first-order chi connectivity index (χ1) is 16.2. The molecule has 1 aliphatic rings. The van der Waals surface area contributed by atoms with E-state index in [9.17, 15) is 0 Å². The summed E-state index contributed by atoms with van der Waals surface area (Å²) in [7, 11) is -2.39. The molecule has 5 heteroatoms. The van der Waals surface area contributed by atoms with E-state index in [1.807, 2.05) is 0 Å². The first-order valence-electron chi connectivity index (χ1n) is 12.6. The zero-order chi connectivity index (χ0) is 26.0. The molecule has 0 nitrogen and oxygen atoms in total. The Morgan fingerprint density at radius 1 is 0.639 bits per heavy atom. The van der Waals surface area contributed by atoms with E-state index in [0.29, 0.717) is 4.22 Å². The van der Waals surface area contributed by atoms with Gasteiger partial charge in [-0.05, 0) is 11.0 Å². The minimum absolute atomic E-state index is 0. The first-order valence-corrected chi connectivity index (χ1v) is 27.0. The van der Waals surface area contributed by atoms with E-state index in [1.165, 1.54) is 26.8 Å². The minimum atomic E-state index is -2.08. The zero-order valence-electron chi connectivity index (χ0n) is 23.0. The molecule has 3 aromatic carbocycles. The molecule has 0 radical (unpaired) electrons. The fourth-order valence-corrected chi connectivity index (χ4v) is 19.6. The molecule has 0 heterocycles. The Labute approximate surface area is 232 Å². The molecule has 0 N–H and O–H groups in total. The van der Waals surface area contributed by atoms with Gasteiger partial charge in [0.25, 0.3) is 0 Å². The van der Waals surface area contributed by atoms with Crippen molar-refractivity contribution in [1.82, 2.24) is 0 Å². The molecule has 36 heavy (non-hydrogen) atoms. The Hall–Kier alpha value is -1.07. The van der Waals surface area contributed by atoms with Crippen molar-refractivity contribution >= 4 is 39.0 Å². The van der Waals surface area contributed by atoms with Crippen LogP contribution in [0.5, 0.6) is 0 Å². The average Bonchev–Trinajstić information content (AvgIpc) is 3.13. The molecule has 0 fully saturated rings. The molecule has 4 rings (SSSR count). The summed E-state index contributed by atoms with van der Waals surface area (Å²) >= 11 is -2.08. The second kappa shape index (κ2) is 12.2. The van der Waals surface area contributed by atoms with Crippen LogP contribution < -0.4 is 5.30 Å². The van der Waals surface area contributed by atoms with E-state index in [1.54, 1.807) is 11.1 Å². The summed E-state index contributed by atoms with van der Waals surface area (Å²) in [6, 6.07) is 29.2. The molecule has 0 aromatic heterocycles.